The molecule has 0 aliphatic rings. The van der Waals surface area contributed by atoms with Gasteiger partial charge in [0.25, 0.3) is 0 Å². The number of benzene rings is 3. The second-order valence-electron chi connectivity index (χ2n) is 8.85. The van der Waals surface area contributed by atoms with Crippen LogP contribution in [0.4, 0.5) is 9.93 Å². The van der Waals surface area contributed by atoms with Crippen LogP contribution in [-0.2, 0) is 13.1 Å². The third-order valence-electron chi connectivity index (χ3n) is 5.72. The highest BCUT2D eigenvalue weighted by molar-refractivity contribution is 7.22. The van der Waals surface area contributed by atoms with Gasteiger partial charge >= 0.3 is 6.03 Å². The van der Waals surface area contributed by atoms with Crippen molar-refractivity contribution < 1.29 is 4.79 Å². The Morgan fingerprint density at radius 2 is 1.97 bits per heavy atom. The Morgan fingerprint density at radius 3 is 2.78 bits per heavy atom. The zero-order valence-electron chi connectivity index (χ0n) is 20.2. The first-order chi connectivity index (χ1) is 17.9. The summed E-state index contributed by atoms with van der Waals surface area (Å²) in [6, 6.07) is 19.2. The van der Waals surface area contributed by atoms with Crippen LogP contribution in [0.1, 0.15) is 16.7 Å². The number of carbonyl (C=O) groups excluding carboxylic acids is 1. The van der Waals surface area contributed by atoms with E-state index in [1.165, 1.54) is 16.9 Å². The molecule has 37 heavy (non-hydrogen) atoms. The third kappa shape index (κ3) is 5.94. The number of urea groups is 1. The van der Waals surface area contributed by atoms with Gasteiger partial charge in [-0.25, -0.2) is 15.2 Å². The molecule has 7 nitrogen and oxygen atoms in total. The second-order valence-corrected chi connectivity index (χ2v) is 10.7. The minimum atomic E-state index is -0.458. The Balaban J connectivity index is 1.28. The Kier molecular flexibility index (Phi) is 7.43. The maximum atomic E-state index is 12.5. The van der Waals surface area contributed by atoms with Crippen LogP contribution in [0.25, 0.3) is 21.1 Å². The lowest BCUT2D eigenvalue weighted by Gasteiger charge is -2.08. The van der Waals surface area contributed by atoms with Crippen molar-refractivity contribution in [3.05, 3.63) is 93.6 Å². The van der Waals surface area contributed by atoms with E-state index < -0.39 is 6.03 Å². The normalized spacial score (nSPS) is 11.7. The number of carbonyl (C=O) groups is 1. The number of para-hydroxylation sites is 1. The van der Waals surface area contributed by atoms with Gasteiger partial charge in [-0.15, -0.1) is 0 Å². The van der Waals surface area contributed by atoms with Crippen LogP contribution in [-0.4, -0.2) is 40.8 Å². The topological polar surface area (TPSA) is 74.6 Å². The highest BCUT2D eigenvalue weighted by atomic mass is 35.5. The van der Waals surface area contributed by atoms with E-state index in [-0.39, 0.29) is 0 Å². The number of anilines is 1. The summed E-state index contributed by atoms with van der Waals surface area (Å²) in [5, 5.41) is 9.67. The van der Waals surface area contributed by atoms with Crippen molar-refractivity contribution in [2.24, 2.45) is 5.10 Å². The van der Waals surface area contributed by atoms with E-state index in [1.807, 2.05) is 68.8 Å². The van der Waals surface area contributed by atoms with E-state index in [2.05, 4.69) is 36.4 Å². The van der Waals surface area contributed by atoms with Crippen molar-refractivity contribution in [3.63, 3.8) is 0 Å². The summed E-state index contributed by atoms with van der Waals surface area (Å²) in [6.45, 7) is 1.42. The molecular weight excluding hydrogens is 527 g/mol. The molecule has 0 aliphatic heterocycles. The molecule has 2 N–H and O–H groups in total. The maximum absolute atomic E-state index is 12.5. The lowest BCUT2D eigenvalue weighted by molar-refractivity contribution is 0.252. The zero-order chi connectivity index (χ0) is 25.9. The van der Waals surface area contributed by atoms with Crippen molar-refractivity contribution in [3.8, 4) is 0 Å². The van der Waals surface area contributed by atoms with Crippen LogP contribution in [0.2, 0.25) is 10.0 Å². The molecule has 2 heterocycles. The first kappa shape index (κ1) is 25.2. The number of thiazole rings is 1. The minimum absolute atomic E-state index is 0.458. The number of hydrogen-bond donors (Lipinski definition) is 2. The summed E-state index contributed by atoms with van der Waals surface area (Å²) >= 11 is 13.9. The monoisotopic (exact) mass is 550 g/mol. The standard InChI is InChI=1S/C27H24Cl2N6OS/c1-34(2)14-17-7-10-23-25(11-17)37-27(31-23)32-26(36)33-30-13-19-16-35(24-6-4-3-5-21(19)24)15-18-8-9-20(28)12-22(18)29/h3-13,16H,14-15H2,1-2H3,(H2,31,32,33,36)/b30-13+. The van der Waals surface area contributed by atoms with Crippen molar-refractivity contribution in [2.45, 2.75) is 13.1 Å². The van der Waals surface area contributed by atoms with Gasteiger partial charge in [-0.3, -0.25) is 5.32 Å². The summed E-state index contributed by atoms with van der Waals surface area (Å²) < 4.78 is 3.11. The van der Waals surface area contributed by atoms with E-state index in [4.69, 9.17) is 23.2 Å². The number of rotatable bonds is 7. The molecule has 0 aliphatic carbocycles. The molecular formula is C27H24Cl2N6OS. The minimum Gasteiger partial charge on any atom is -0.342 e. The smallest absolute Gasteiger partial charge is 0.341 e. The van der Waals surface area contributed by atoms with Crippen molar-refractivity contribution in [1.29, 1.82) is 0 Å². The highest BCUT2D eigenvalue weighted by Crippen LogP contribution is 2.28. The largest absolute Gasteiger partial charge is 0.342 e. The highest BCUT2D eigenvalue weighted by Gasteiger charge is 2.11. The molecule has 0 saturated heterocycles. The molecule has 2 amide bonds. The maximum Gasteiger partial charge on any atom is 0.341 e. The van der Waals surface area contributed by atoms with Crippen LogP contribution in [0.5, 0.6) is 0 Å². The fourth-order valence-corrected chi connectivity index (χ4v) is 5.51. The molecule has 188 valence electrons. The number of nitrogens with zero attached hydrogens (tertiary/aromatic N) is 4. The first-order valence-electron chi connectivity index (χ1n) is 11.5. The Labute approximate surface area is 228 Å². The summed E-state index contributed by atoms with van der Waals surface area (Å²) in [6.07, 6.45) is 3.62. The van der Waals surface area contributed by atoms with E-state index in [1.54, 1.807) is 12.3 Å². The van der Waals surface area contributed by atoms with Gasteiger partial charge in [-0.1, -0.05) is 64.9 Å². The van der Waals surface area contributed by atoms with Gasteiger partial charge in [-0.05, 0) is 55.6 Å². The van der Waals surface area contributed by atoms with Crippen LogP contribution in [0.3, 0.4) is 0 Å². The summed E-state index contributed by atoms with van der Waals surface area (Å²) in [7, 11) is 4.06. The van der Waals surface area contributed by atoms with E-state index in [0.717, 1.165) is 38.8 Å². The average molecular weight is 552 g/mol. The molecule has 0 radical (unpaired) electrons. The number of aromatic nitrogens is 2. The molecule has 10 heteroatoms. The number of amides is 2. The molecule has 0 spiro atoms. The molecule has 2 aromatic heterocycles. The van der Waals surface area contributed by atoms with Crippen LogP contribution < -0.4 is 10.7 Å². The molecule has 0 saturated carbocycles. The van der Waals surface area contributed by atoms with Crippen LogP contribution in [0.15, 0.2) is 72.0 Å². The number of nitrogens with one attached hydrogen (secondary N) is 2. The Bertz CT molecular complexity index is 1620. The summed E-state index contributed by atoms with van der Waals surface area (Å²) in [4.78, 5) is 19.1. The van der Waals surface area contributed by atoms with Crippen LogP contribution in [0, 0.1) is 0 Å². The van der Waals surface area contributed by atoms with E-state index >= 15 is 0 Å². The average Bonchev–Trinajstić information content (AvgIpc) is 3.41. The van der Waals surface area contributed by atoms with Gasteiger partial charge in [0.05, 0.1) is 16.4 Å². The quantitative estimate of drug-likeness (QED) is 0.172. The predicted octanol–water partition coefficient (Wildman–Crippen LogP) is 6.82. The fourth-order valence-electron chi connectivity index (χ4n) is 4.11. The number of hydrazone groups is 1. The van der Waals surface area contributed by atoms with E-state index in [0.29, 0.717) is 21.7 Å². The molecule has 5 aromatic rings. The van der Waals surface area contributed by atoms with Gasteiger partial charge in [-0.2, -0.15) is 5.10 Å². The van der Waals surface area contributed by atoms with E-state index in [9.17, 15) is 4.79 Å². The lowest BCUT2D eigenvalue weighted by Crippen LogP contribution is -2.24. The molecule has 0 fully saturated rings. The summed E-state index contributed by atoms with van der Waals surface area (Å²) in [5.74, 6) is 0. The van der Waals surface area contributed by atoms with Gasteiger partial charge < -0.3 is 9.47 Å². The van der Waals surface area contributed by atoms with Gasteiger partial charge in [0, 0.05) is 45.8 Å². The first-order valence-corrected chi connectivity index (χ1v) is 13.1. The molecule has 5 rings (SSSR count). The second kappa shape index (κ2) is 10.9. The summed E-state index contributed by atoms with van der Waals surface area (Å²) in [5.41, 5.74) is 7.43. The van der Waals surface area contributed by atoms with Gasteiger partial charge in [0.1, 0.15) is 0 Å². The molecule has 0 atom stereocenters. The van der Waals surface area contributed by atoms with Crippen LogP contribution >= 0.6 is 34.5 Å². The Morgan fingerprint density at radius 1 is 1.14 bits per heavy atom. The number of hydrogen-bond acceptors (Lipinski definition) is 5. The number of halogens is 2. The van der Waals surface area contributed by atoms with Gasteiger partial charge in [0.15, 0.2) is 5.13 Å². The van der Waals surface area contributed by atoms with Crippen molar-refractivity contribution in [2.75, 3.05) is 19.4 Å². The number of fused-ring (bicyclic) bond motifs is 2. The van der Waals surface area contributed by atoms with Crippen molar-refractivity contribution in [1.82, 2.24) is 19.9 Å². The van der Waals surface area contributed by atoms with Crippen molar-refractivity contribution >= 4 is 73.0 Å². The predicted molar refractivity (Wildman–Crippen MR) is 154 cm³/mol. The zero-order valence-corrected chi connectivity index (χ0v) is 22.5. The fraction of sp³-hybridized carbons (Fsp3) is 0.148. The Hall–Kier alpha value is -3.43. The van der Waals surface area contributed by atoms with Gasteiger partial charge in [0.2, 0.25) is 0 Å². The SMILES string of the molecule is CN(C)Cc1ccc2nc(NC(=O)N/N=C/c3cn(Cc4ccc(Cl)cc4Cl)c4ccccc34)sc2c1. The molecule has 0 unspecified atom stereocenters. The lowest BCUT2D eigenvalue weighted by atomic mass is 10.2. The third-order valence-corrected chi connectivity index (χ3v) is 7.24. The molecule has 0 bridgehead atoms. The molecule has 3 aromatic carbocycles.